The topological polar surface area (TPSA) is 67.3 Å². The maximum atomic E-state index is 12.8. The van der Waals surface area contributed by atoms with Crippen LogP contribution in [0.5, 0.6) is 0 Å². The van der Waals surface area contributed by atoms with Crippen LogP contribution in [0.1, 0.15) is 45.6 Å². The van der Waals surface area contributed by atoms with Crippen molar-refractivity contribution < 1.29 is 13.9 Å². The number of aromatic nitrogens is 1. The second kappa shape index (κ2) is 7.15. The van der Waals surface area contributed by atoms with E-state index in [0.29, 0.717) is 18.6 Å². The molecule has 25 heavy (non-hydrogen) atoms. The van der Waals surface area contributed by atoms with Crippen LogP contribution in [0.2, 0.25) is 0 Å². The molecule has 2 heterocycles. The Balaban J connectivity index is 1.84. The average molecular weight is 340 g/mol. The fourth-order valence-corrected chi connectivity index (χ4v) is 3.01. The summed E-state index contributed by atoms with van der Waals surface area (Å²) in [6, 6.07) is 9.31. The molecule has 0 saturated heterocycles. The first kappa shape index (κ1) is 17.3. The van der Waals surface area contributed by atoms with Crippen molar-refractivity contribution >= 4 is 16.8 Å². The molecule has 0 unspecified atom stereocenters. The molecule has 0 radical (unpaired) electrons. The van der Waals surface area contributed by atoms with Gasteiger partial charge in [-0.05, 0) is 63.1 Å². The molecular weight excluding hydrogens is 316 g/mol. The van der Waals surface area contributed by atoms with Gasteiger partial charge in [0, 0.05) is 35.9 Å². The number of nitrogens with one attached hydrogen (secondary N) is 2. The van der Waals surface area contributed by atoms with Crippen molar-refractivity contribution in [2.45, 2.75) is 33.2 Å². The van der Waals surface area contributed by atoms with Crippen molar-refractivity contribution in [3.63, 3.8) is 0 Å². The van der Waals surface area contributed by atoms with E-state index in [4.69, 9.17) is 9.15 Å². The summed E-state index contributed by atoms with van der Waals surface area (Å²) in [4.78, 5) is 16.1. The second-order valence-corrected chi connectivity index (χ2v) is 6.39. The molecule has 2 aromatic heterocycles. The number of hydrogen-bond acceptors (Lipinski definition) is 3. The minimum Gasteiger partial charge on any atom is -0.464 e. The first-order valence-electron chi connectivity index (χ1n) is 8.44. The number of fused-ring (bicyclic) bond motifs is 1. The molecule has 0 saturated carbocycles. The lowest BCUT2D eigenvalue weighted by atomic mass is 10.1. The second-order valence-electron chi connectivity index (χ2n) is 6.39. The number of aromatic amines is 1. The SMILES string of the molecule is COCC[C@H](NC(=O)c1ccc2[nH]c(C)c(C)c2c1)c1ccc(C)o1. The van der Waals surface area contributed by atoms with E-state index in [1.165, 1.54) is 5.56 Å². The minimum atomic E-state index is -0.217. The number of furan rings is 1. The molecule has 0 bridgehead atoms. The Morgan fingerprint density at radius 2 is 2.04 bits per heavy atom. The Bertz CT molecular complexity index is 892. The van der Waals surface area contributed by atoms with Crippen LogP contribution in [0.15, 0.2) is 34.7 Å². The standard InChI is InChI=1S/C20H24N2O3/c1-12-5-8-19(25-12)18(9-10-24-4)22-20(23)15-6-7-17-16(11-15)13(2)14(3)21-17/h5-8,11,18,21H,9-10H2,1-4H3,(H,22,23)/t18-/m0/s1. The van der Waals surface area contributed by atoms with Gasteiger partial charge >= 0.3 is 0 Å². The van der Waals surface area contributed by atoms with E-state index in [1.807, 2.05) is 44.2 Å². The van der Waals surface area contributed by atoms with Crippen LogP contribution in [0.3, 0.4) is 0 Å². The number of methoxy groups -OCH3 is 1. The Hall–Kier alpha value is -2.53. The molecule has 0 spiro atoms. The van der Waals surface area contributed by atoms with Gasteiger partial charge in [0.2, 0.25) is 0 Å². The lowest BCUT2D eigenvalue weighted by Gasteiger charge is -2.16. The van der Waals surface area contributed by atoms with Gasteiger partial charge in [0.05, 0.1) is 6.04 Å². The molecule has 5 nitrogen and oxygen atoms in total. The van der Waals surface area contributed by atoms with Gasteiger partial charge in [0.1, 0.15) is 11.5 Å². The minimum absolute atomic E-state index is 0.115. The van der Waals surface area contributed by atoms with E-state index in [1.54, 1.807) is 7.11 Å². The van der Waals surface area contributed by atoms with Crippen LogP contribution >= 0.6 is 0 Å². The molecule has 0 aliphatic rings. The maximum absolute atomic E-state index is 12.8. The number of aryl methyl sites for hydroxylation is 3. The van der Waals surface area contributed by atoms with E-state index >= 15 is 0 Å². The first-order chi connectivity index (χ1) is 12.0. The Labute approximate surface area is 147 Å². The van der Waals surface area contributed by atoms with Crippen LogP contribution in [-0.2, 0) is 4.74 Å². The quantitative estimate of drug-likeness (QED) is 0.707. The number of hydrogen-bond donors (Lipinski definition) is 2. The van der Waals surface area contributed by atoms with E-state index in [2.05, 4.69) is 17.2 Å². The van der Waals surface area contributed by atoms with Crippen LogP contribution in [-0.4, -0.2) is 24.6 Å². The number of carbonyl (C=O) groups excluding carboxylic acids is 1. The number of carbonyl (C=O) groups is 1. The van der Waals surface area contributed by atoms with Gasteiger partial charge in [0.15, 0.2) is 0 Å². The van der Waals surface area contributed by atoms with Gasteiger partial charge in [-0.15, -0.1) is 0 Å². The summed E-state index contributed by atoms with van der Waals surface area (Å²) >= 11 is 0. The van der Waals surface area contributed by atoms with Crippen molar-refractivity contribution in [2.24, 2.45) is 0 Å². The fraction of sp³-hybridized carbons (Fsp3) is 0.350. The lowest BCUT2D eigenvalue weighted by molar-refractivity contribution is 0.0917. The number of benzene rings is 1. The summed E-state index contributed by atoms with van der Waals surface area (Å²) in [5.41, 5.74) is 3.98. The zero-order valence-corrected chi connectivity index (χ0v) is 15.1. The summed E-state index contributed by atoms with van der Waals surface area (Å²) in [5, 5.41) is 4.14. The van der Waals surface area contributed by atoms with Gasteiger partial charge in [-0.2, -0.15) is 0 Å². The van der Waals surface area contributed by atoms with Gasteiger partial charge in [-0.25, -0.2) is 0 Å². The number of amides is 1. The van der Waals surface area contributed by atoms with Crippen LogP contribution in [0, 0.1) is 20.8 Å². The van der Waals surface area contributed by atoms with Crippen molar-refractivity contribution in [2.75, 3.05) is 13.7 Å². The van der Waals surface area contributed by atoms with Crippen molar-refractivity contribution in [3.05, 3.63) is 58.7 Å². The summed E-state index contributed by atoms with van der Waals surface area (Å²) in [6.07, 6.45) is 0.653. The molecule has 0 aliphatic carbocycles. The number of H-pyrrole nitrogens is 1. The highest BCUT2D eigenvalue weighted by molar-refractivity contribution is 5.99. The third-order valence-corrected chi connectivity index (χ3v) is 4.59. The van der Waals surface area contributed by atoms with E-state index in [0.717, 1.165) is 28.1 Å². The Morgan fingerprint density at radius 3 is 2.72 bits per heavy atom. The largest absolute Gasteiger partial charge is 0.464 e. The summed E-state index contributed by atoms with van der Waals surface area (Å²) in [7, 11) is 1.65. The molecule has 5 heteroatoms. The van der Waals surface area contributed by atoms with Gasteiger partial charge in [-0.1, -0.05) is 0 Å². The van der Waals surface area contributed by atoms with Crippen molar-refractivity contribution in [3.8, 4) is 0 Å². The van der Waals surface area contributed by atoms with Crippen molar-refractivity contribution in [1.29, 1.82) is 0 Å². The molecular formula is C20H24N2O3. The lowest BCUT2D eigenvalue weighted by Crippen LogP contribution is -2.29. The third-order valence-electron chi connectivity index (χ3n) is 4.59. The summed E-state index contributed by atoms with van der Waals surface area (Å²) in [6.45, 7) is 6.53. The fourth-order valence-electron chi connectivity index (χ4n) is 3.01. The monoisotopic (exact) mass is 340 g/mol. The van der Waals surface area contributed by atoms with Crippen LogP contribution in [0.25, 0.3) is 10.9 Å². The molecule has 3 aromatic rings. The van der Waals surface area contributed by atoms with Crippen LogP contribution < -0.4 is 5.32 Å². The summed E-state index contributed by atoms with van der Waals surface area (Å²) in [5.74, 6) is 1.46. The number of rotatable bonds is 6. The average Bonchev–Trinajstić information content (AvgIpc) is 3.15. The van der Waals surface area contributed by atoms with E-state index in [9.17, 15) is 4.79 Å². The van der Waals surface area contributed by atoms with Gasteiger partial charge in [-0.3, -0.25) is 4.79 Å². The van der Waals surface area contributed by atoms with E-state index < -0.39 is 0 Å². The highest BCUT2D eigenvalue weighted by Gasteiger charge is 2.19. The molecule has 2 N–H and O–H groups in total. The number of ether oxygens (including phenoxy) is 1. The third kappa shape index (κ3) is 3.61. The Kier molecular flexibility index (Phi) is 4.95. The van der Waals surface area contributed by atoms with Gasteiger partial charge < -0.3 is 19.5 Å². The first-order valence-corrected chi connectivity index (χ1v) is 8.44. The normalized spacial score (nSPS) is 12.5. The molecule has 1 aromatic carbocycles. The molecule has 0 fully saturated rings. The predicted octanol–water partition coefficient (Wildman–Crippen LogP) is 4.19. The van der Waals surface area contributed by atoms with E-state index in [-0.39, 0.29) is 11.9 Å². The molecule has 1 atom stereocenters. The Morgan fingerprint density at radius 1 is 1.24 bits per heavy atom. The van der Waals surface area contributed by atoms with Crippen molar-refractivity contribution in [1.82, 2.24) is 10.3 Å². The highest BCUT2D eigenvalue weighted by Crippen LogP contribution is 2.24. The smallest absolute Gasteiger partial charge is 0.251 e. The zero-order valence-electron chi connectivity index (χ0n) is 15.1. The molecule has 132 valence electrons. The molecule has 3 rings (SSSR count). The van der Waals surface area contributed by atoms with Gasteiger partial charge in [0.25, 0.3) is 5.91 Å². The van der Waals surface area contributed by atoms with Crippen LogP contribution in [0.4, 0.5) is 0 Å². The molecule has 1 amide bonds. The zero-order chi connectivity index (χ0) is 18.0. The predicted molar refractivity (Wildman–Crippen MR) is 97.9 cm³/mol. The summed E-state index contributed by atoms with van der Waals surface area (Å²) < 4.78 is 10.9. The molecule has 0 aliphatic heterocycles. The highest BCUT2D eigenvalue weighted by atomic mass is 16.5. The maximum Gasteiger partial charge on any atom is 0.251 e.